The van der Waals surface area contributed by atoms with Gasteiger partial charge in [-0.25, -0.2) is 5.10 Å². The van der Waals surface area contributed by atoms with Crippen molar-refractivity contribution in [1.29, 1.82) is 0 Å². The molecule has 0 spiro atoms. The lowest BCUT2D eigenvalue weighted by atomic mass is 9.81. The van der Waals surface area contributed by atoms with Crippen molar-refractivity contribution in [3.8, 4) is 0 Å². The van der Waals surface area contributed by atoms with Crippen LogP contribution < -0.4 is 0 Å². The first-order valence-corrected chi connectivity index (χ1v) is 6.85. The van der Waals surface area contributed by atoms with Gasteiger partial charge >= 0.3 is 0 Å². The number of aromatic amines is 1. The van der Waals surface area contributed by atoms with Crippen LogP contribution >= 0.6 is 0 Å². The van der Waals surface area contributed by atoms with E-state index in [4.69, 9.17) is 0 Å². The highest BCUT2D eigenvalue weighted by Gasteiger charge is 2.29. The molecule has 0 saturated carbocycles. The van der Waals surface area contributed by atoms with Crippen LogP contribution in [0, 0.1) is 5.92 Å². The molecule has 20 heavy (non-hydrogen) atoms. The van der Waals surface area contributed by atoms with Crippen molar-refractivity contribution in [3.63, 3.8) is 0 Å². The van der Waals surface area contributed by atoms with E-state index in [1.807, 2.05) is 12.1 Å². The van der Waals surface area contributed by atoms with E-state index in [1.165, 1.54) is 0 Å². The number of ketones is 1. The van der Waals surface area contributed by atoms with Crippen molar-refractivity contribution < 1.29 is 4.79 Å². The zero-order chi connectivity index (χ0) is 14.4. The Morgan fingerprint density at radius 1 is 1.35 bits per heavy atom. The number of tetrazole rings is 1. The molecule has 0 aromatic carbocycles. The summed E-state index contributed by atoms with van der Waals surface area (Å²) in [5.41, 5.74) is 1.13. The summed E-state index contributed by atoms with van der Waals surface area (Å²) in [6.07, 6.45) is 6.04. The van der Waals surface area contributed by atoms with Crippen molar-refractivity contribution in [2.45, 2.75) is 39.0 Å². The minimum Gasteiger partial charge on any atom is -0.300 e. The van der Waals surface area contributed by atoms with E-state index in [1.54, 1.807) is 19.3 Å². The number of nitrogens with zero attached hydrogens (tertiary/aromatic N) is 4. The molecule has 1 N–H and O–H groups in total. The van der Waals surface area contributed by atoms with Gasteiger partial charge in [-0.2, -0.15) is 0 Å². The Morgan fingerprint density at radius 2 is 2.10 bits per heavy atom. The highest BCUT2D eigenvalue weighted by Crippen LogP contribution is 2.30. The maximum Gasteiger partial charge on any atom is 0.152 e. The van der Waals surface area contributed by atoms with E-state index in [0.717, 1.165) is 24.8 Å². The van der Waals surface area contributed by atoms with Gasteiger partial charge < -0.3 is 0 Å². The number of carbonyl (C=O) groups is 1. The Balaban J connectivity index is 2.27. The second-order valence-corrected chi connectivity index (χ2v) is 4.96. The van der Waals surface area contributed by atoms with Gasteiger partial charge in [-0.15, -0.1) is 5.10 Å². The molecular weight excluding hydrogens is 254 g/mol. The van der Waals surface area contributed by atoms with Gasteiger partial charge in [0.1, 0.15) is 5.78 Å². The molecule has 2 heterocycles. The fraction of sp³-hybridized carbons (Fsp3) is 0.500. The van der Waals surface area contributed by atoms with E-state index in [2.05, 4.69) is 32.5 Å². The monoisotopic (exact) mass is 273 g/mol. The van der Waals surface area contributed by atoms with E-state index in [-0.39, 0.29) is 17.6 Å². The molecule has 106 valence electrons. The maximum atomic E-state index is 12.0. The van der Waals surface area contributed by atoms with Gasteiger partial charge in [-0.3, -0.25) is 9.78 Å². The van der Waals surface area contributed by atoms with Crippen LogP contribution in [-0.4, -0.2) is 31.4 Å². The molecule has 0 aliphatic rings. The van der Waals surface area contributed by atoms with Crippen LogP contribution in [0.25, 0.3) is 0 Å². The van der Waals surface area contributed by atoms with Crippen LogP contribution in [0.1, 0.15) is 44.0 Å². The average molecular weight is 273 g/mol. The Hall–Kier alpha value is -2.11. The number of H-pyrrole nitrogens is 1. The fourth-order valence-corrected chi connectivity index (χ4v) is 2.52. The van der Waals surface area contributed by atoms with E-state index in [0.29, 0.717) is 5.82 Å². The van der Waals surface area contributed by atoms with Crippen molar-refractivity contribution >= 4 is 5.78 Å². The zero-order valence-electron chi connectivity index (χ0n) is 11.8. The predicted molar refractivity (Wildman–Crippen MR) is 73.9 cm³/mol. The molecule has 0 fully saturated rings. The van der Waals surface area contributed by atoms with Gasteiger partial charge in [0.2, 0.25) is 0 Å². The molecule has 0 radical (unpaired) electrons. The second-order valence-electron chi connectivity index (χ2n) is 4.96. The topological polar surface area (TPSA) is 84.4 Å². The molecule has 6 heteroatoms. The first-order valence-electron chi connectivity index (χ1n) is 6.85. The Bertz CT molecular complexity index is 526. The number of hydrogen-bond donors (Lipinski definition) is 1. The van der Waals surface area contributed by atoms with Crippen LogP contribution in [0.5, 0.6) is 0 Å². The zero-order valence-corrected chi connectivity index (χ0v) is 11.8. The molecule has 0 amide bonds. The third kappa shape index (κ3) is 3.46. The van der Waals surface area contributed by atoms with Gasteiger partial charge in [-0.05, 0) is 47.9 Å². The molecule has 2 aromatic heterocycles. The Kier molecular flexibility index (Phi) is 4.92. The number of hydrogen-bond acceptors (Lipinski definition) is 5. The van der Waals surface area contributed by atoms with Gasteiger partial charge in [0.25, 0.3) is 0 Å². The summed E-state index contributed by atoms with van der Waals surface area (Å²) in [6.45, 7) is 3.72. The Labute approximate surface area is 118 Å². The smallest absolute Gasteiger partial charge is 0.152 e. The van der Waals surface area contributed by atoms with E-state index >= 15 is 0 Å². The first kappa shape index (κ1) is 14.3. The summed E-state index contributed by atoms with van der Waals surface area (Å²) in [5, 5.41) is 14.1. The maximum absolute atomic E-state index is 12.0. The second kappa shape index (κ2) is 6.88. The minimum atomic E-state index is -0.0667. The number of pyridine rings is 1. The Morgan fingerprint density at radius 3 is 2.65 bits per heavy atom. The highest BCUT2D eigenvalue weighted by atomic mass is 16.1. The SMILES string of the molecule is CCC[C@H](C(C)=O)[C@H](Cc1ccncc1)c1nnn[nH]1. The number of Topliss-reactive ketones (excluding diaryl/α,β-unsaturated/α-hetero) is 1. The molecule has 0 unspecified atom stereocenters. The van der Waals surface area contributed by atoms with Crippen LogP contribution in [-0.2, 0) is 11.2 Å². The molecule has 0 aliphatic carbocycles. The van der Waals surface area contributed by atoms with Crippen LogP contribution in [0.4, 0.5) is 0 Å². The molecule has 2 atom stereocenters. The normalized spacial score (nSPS) is 13.9. The summed E-state index contributed by atoms with van der Waals surface area (Å²) >= 11 is 0. The number of carbonyl (C=O) groups excluding carboxylic acids is 1. The van der Waals surface area contributed by atoms with Gasteiger partial charge in [-0.1, -0.05) is 13.3 Å². The third-order valence-corrected chi connectivity index (χ3v) is 3.53. The van der Waals surface area contributed by atoms with Crippen LogP contribution in [0.2, 0.25) is 0 Å². The minimum absolute atomic E-state index is 0.0233. The van der Waals surface area contributed by atoms with Crippen molar-refractivity contribution in [1.82, 2.24) is 25.6 Å². The standard InChI is InChI=1S/C14H19N5O/c1-3-4-12(10(2)20)13(14-16-18-19-17-14)9-11-5-7-15-8-6-11/h5-8,12-13H,3-4,9H2,1-2H3,(H,16,17,18,19)/t12-,13+/m1/s1. The molecule has 2 rings (SSSR count). The molecule has 0 saturated heterocycles. The van der Waals surface area contributed by atoms with Crippen molar-refractivity contribution in [3.05, 3.63) is 35.9 Å². The fourth-order valence-electron chi connectivity index (χ4n) is 2.52. The molecule has 2 aromatic rings. The summed E-state index contributed by atoms with van der Waals surface area (Å²) < 4.78 is 0. The molecule has 0 bridgehead atoms. The highest BCUT2D eigenvalue weighted by molar-refractivity contribution is 5.79. The average Bonchev–Trinajstić information content (AvgIpc) is 2.97. The lowest BCUT2D eigenvalue weighted by Crippen LogP contribution is -2.23. The van der Waals surface area contributed by atoms with Gasteiger partial charge in [0.15, 0.2) is 5.82 Å². The number of aromatic nitrogens is 5. The van der Waals surface area contributed by atoms with Crippen molar-refractivity contribution in [2.75, 3.05) is 0 Å². The summed E-state index contributed by atoms with van der Waals surface area (Å²) in [4.78, 5) is 16.0. The number of nitrogens with one attached hydrogen (secondary N) is 1. The van der Waals surface area contributed by atoms with Crippen LogP contribution in [0.3, 0.4) is 0 Å². The summed E-state index contributed by atoms with van der Waals surface area (Å²) in [6, 6.07) is 3.92. The van der Waals surface area contributed by atoms with Crippen LogP contribution in [0.15, 0.2) is 24.5 Å². The molecule has 6 nitrogen and oxygen atoms in total. The van der Waals surface area contributed by atoms with Crippen molar-refractivity contribution in [2.24, 2.45) is 5.92 Å². The molecular formula is C14H19N5O. The number of rotatable bonds is 7. The summed E-state index contributed by atoms with van der Waals surface area (Å²) in [7, 11) is 0. The predicted octanol–water partition coefficient (Wildman–Crippen LogP) is 1.93. The van der Waals surface area contributed by atoms with E-state index in [9.17, 15) is 4.79 Å². The summed E-state index contributed by atoms with van der Waals surface area (Å²) in [5.74, 6) is 0.769. The largest absolute Gasteiger partial charge is 0.300 e. The molecule has 0 aliphatic heterocycles. The van der Waals surface area contributed by atoms with E-state index < -0.39 is 0 Å². The van der Waals surface area contributed by atoms with Gasteiger partial charge in [0, 0.05) is 24.2 Å². The first-order chi connectivity index (χ1) is 9.72. The lowest BCUT2D eigenvalue weighted by Gasteiger charge is -2.22. The third-order valence-electron chi connectivity index (χ3n) is 3.53. The lowest BCUT2D eigenvalue weighted by molar-refractivity contribution is -0.121. The van der Waals surface area contributed by atoms with Gasteiger partial charge in [0.05, 0.1) is 0 Å². The quantitative estimate of drug-likeness (QED) is 0.833.